The van der Waals surface area contributed by atoms with Crippen LogP contribution >= 0.6 is 0 Å². The molecule has 2 aromatic carbocycles. The van der Waals surface area contributed by atoms with E-state index in [4.69, 9.17) is 5.73 Å². The summed E-state index contributed by atoms with van der Waals surface area (Å²) in [6.45, 7) is 2.48. The number of hydrogen-bond donors (Lipinski definition) is 3. The lowest BCUT2D eigenvalue weighted by molar-refractivity contribution is -0.126. The SMILES string of the molecule is CC1(C(=O)NCc2ccc(NC(N)=O)cc2)CCCc2ccccc21. The summed E-state index contributed by atoms with van der Waals surface area (Å²) in [4.78, 5) is 23.7. The highest BCUT2D eigenvalue weighted by Gasteiger charge is 2.38. The van der Waals surface area contributed by atoms with Gasteiger partial charge in [-0.05, 0) is 55.0 Å². The molecular formula is C20H23N3O2. The lowest BCUT2D eigenvalue weighted by atomic mass is 9.70. The van der Waals surface area contributed by atoms with Crippen molar-refractivity contribution in [2.24, 2.45) is 5.73 Å². The third kappa shape index (κ3) is 3.65. The second-order valence-electron chi connectivity index (χ2n) is 6.71. The fourth-order valence-corrected chi connectivity index (χ4v) is 3.51. The number of rotatable bonds is 4. The van der Waals surface area contributed by atoms with Gasteiger partial charge in [0.15, 0.2) is 0 Å². The van der Waals surface area contributed by atoms with Crippen LogP contribution in [0.25, 0.3) is 0 Å². The zero-order valence-corrected chi connectivity index (χ0v) is 14.3. The highest BCUT2D eigenvalue weighted by molar-refractivity contribution is 5.89. The number of nitrogens with one attached hydrogen (secondary N) is 2. The van der Waals surface area contributed by atoms with Gasteiger partial charge in [-0.25, -0.2) is 4.79 Å². The number of hydrogen-bond acceptors (Lipinski definition) is 2. The molecule has 5 nitrogen and oxygen atoms in total. The van der Waals surface area contributed by atoms with E-state index in [0.717, 1.165) is 30.4 Å². The molecule has 0 radical (unpaired) electrons. The number of urea groups is 1. The molecule has 1 aliphatic carbocycles. The molecule has 3 rings (SSSR count). The van der Waals surface area contributed by atoms with Crippen molar-refractivity contribution in [3.05, 3.63) is 65.2 Å². The van der Waals surface area contributed by atoms with Crippen LogP contribution in [-0.2, 0) is 23.2 Å². The molecule has 0 fully saturated rings. The fourth-order valence-electron chi connectivity index (χ4n) is 3.51. The Morgan fingerprint density at radius 1 is 1.12 bits per heavy atom. The first-order chi connectivity index (χ1) is 12.0. The number of carbonyl (C=O) groups excluding carboxylic acids is 2. The van der Waals surface area contributed by atoms with Crippen molar-refractivity contribution in [1.29, 1.82) is 0 Å². The Kier molecular flexibility index (Phi) is 4.74. The fraction of sp³-hybridized carbons (Fsp3) is 0.300. The predicted molar refractivity (Wildman–Crippen MR) is 98.2 cm³/mol. The van der Waals surface area contributed by atoms with Gasteiger partial charge in [-0.3, -0.25) is 4.79 Å². The van der Waals surface area contributed by atoms with Crippen LogP contribution in [0.4, 0.5) is 10.5 Å². The van der Waals surface area contributed by atoms with Crippen LogP contribution in [-0.4, -0.2) is 11.9 Å². The molecule has 0 saturated heterocycles. The second-order valence-corrected chi connectivity index (χ2v) is 6.71. The van der Waals surface area contributed by atoms with Crippen LogP contribution in [0.1, 0.15) is 36.5 Å². The Hall–Kier alpha value is -2.82. The van der Waals surface area contributed by atoms with Gasteiger partial charge in [0.1, 0.15) is 0 Å². The third-order valence-corrected chi connectivity index (χ3v) is 4.91. The number of fused-ring (bicyclic) bond motifs is 1. The van der Waals surface area contributed by atoms with E-state index in [1.165, 1.54) is 5.56 Å². The van der Waals surface area contributed by atoms with Gasteiger partial charge >= 0.3 is 6.03 Å². The number of amides is 3. The highest BCUT2D eigenvalue weighted by atomic mass is 16.2. The number of aryl methyl sites for hydroxylation is 1. The second kappa shape index (κ2) is 6.97. The minimum Gasteiger partial charge on any atom is -0.351 e. The van der Waals surface area contributed by atoms with Gasteiger partial charge in [-0.2, -0.15) is 0 Å². The minimum atomic E-state index is -0.593. The van der Waals surface area contributed by atoms with Crippen LogP contribution in [0.15, 0.2) is 48.5 Å². The van der Waals surface area contributed by atoms with E-state index in [1.807, 2.05) is 31.2 Å². The first kappa shape index (κ1) is 17.0. The molecule has 0 aliphatic heterocycles. The molecule has 130 valence electrons. The number of primary amides is 1. The summed E-state index contributed by atoms with van der Waals surface area (Å²) >= 11 is 0. The van der Waals surface area contributed by atoms with Gasteiger partial charge in [0, 0.05) is 12.2 Å². The lowest BCUT2D eigenvalue weighted by Gasteiger charge is -2.34. The first-order valence-corrected chi connectivity index (χ1v) is 8.51. The van der Waals surface area contributed by atoms with Crippen LogP contribution in [0.2, 0.25) is 0 Å². The monoisotopic (exact) mass is 337 g/mol. The highest BCUT2D eigenvalue weighted by Crippen LogP contribution is 2.37. The molecule has 0 heterocycles. The quantitative estimate of drug-likeness (QED) is 0.801. The minimum absolute atomic E-state index is 0.0546. The van der Waals surface area contributed by atoms with Crippen molar-refractivity contribution in [3.8, 4) is 0 Å². The normalized spacial score (nSPS) is 18.9. The molecule has 25 heavy (non-hydrogen) atoms. The number of benzene rings is 2. The standard InChI is InChI=1S/C20H23N3O2/c1-20(12-4-6-15-5-2-3-7-17(15)20)18(24)22-13-14-8-10-16(11-9-14)23-19(21)25/h2-3,5,7-11H,4,6,12-13H2,1H3,(H,22,24)(H3,21,23,25). The van der Waals surface area contributed by atoms with E-state index < -0.39 is 11.4 Å². The van der Waals surface area contributed by atoms with Crippen molar-refractivity contribution in [3.63, 3.8) is 0 Å². The van der Waals surface area contributed by atoms with Gasteiger partial charge < -0.3 is 16.4 Å². The number of nitrogens with two attached hydrogens (primary N) is 1. The van der Waals surface area contributed by atoms with Crippen molar-refractivity contribution >= 4 is 17.6 Å². The molecule has 2 aromatic rings. The van der Waals surface area contributed by atoms with Gasteiger partial charge in [0.25, 0.3) is 0 Å². The van der Waals surface area contributed by atoms with Crippen molar-refractivity contribution in [1.82, 2.24) is 5.32 Å². The average molecular weight is 337 g/mol. The maximum atomic E-state index is 12.9. The summed E-state index contributed by atoms with van der Waals surface area (Å²) in [7, 11) is 0. The van der Waals surface area contributed by atoms with Crippen LogP contribution < -0.4 is 16.4 Å². The third-order valence-electron chi connectivity index (χ3n) is 4.91. The van der Waals surface area contributed by atoms with Crippen LogP contribution in [0.3, 0.4) is 0 Å². The summed E-state index contributed by atoms with van der Waals surface area (Å²) < 4.78 is 0. The molecule has 5 heteroatoms. The molecule has 0 aromatic heterocycles. The van der Waals surface area contributed by atoms with E-state index in [0.29, 0.717) is 12.2 Å². The average Bonchev–Trinajstić information content (AvgIpc) is 2.61. The lowest BCUT2D eigenvalue weighted by Crippen LogP contribution is -2.44. The largest absolute Gasteiger partial charge is 0.351 e. The van der Waals surface area contributed by atoms with E-state index in [1.54, 1.807) is 12.1 Å². The van der Waals surface area contributed by atoms with Crippen LogP contribution in [0, 0.1) is 0 Å². The van der Waals surface area contributed by atoms with Crippen molar-refractivity contribution < 1.29 is 9.59 Å². The molecule has 0 spiro atoms. The zero-order chi connectivity index (χ0) is 17.9. The summed E-state index contributed by atoms with van der Waals surface area (Å²) in [6, 6.07) is 14.9. The summed E-state index contributed by atoms with van der Waals surface area (Å²) in [5.74, 6) is 0.0546. The molecular weight excluding hydrogens is 314 g/mol. The summed E-state index contributed by atoms with van der Waals surface area (Å²) in [6.07, 6.45) is 2.92. The van der Waals surface area contributed by atoms with Gasteiger partial charge in [-0.1, -0.05) is 36.4 Å². The van der Waals surface area contributed by atoms with E-state index in [2.05, 4.69) is 22.8 Å². The topological polar surface area (TPSA) is 84.2 Å². The maximum Gasteiger partial charge on any atom is 0.316 e. The smallest absolute Gasteiger partial charge is 0.316 e. The maximum absolute atomic E-state index is 12.9. The van der Waals surface area contributed by atoms with E-state index >= 15 is 0 Å². The van der Waals surface area contributed by atoms with Gasteiger partial charge in [-0.15, -0.1) is 0 Å². The Morgan fingerprint density at radius 2 is 1.84 bits per heavy atom. The molecule has 0 saturated carbocycles. The Balaban J connectivity index is 1.68. The van der Waals surface area contributed by atoms with Crippen LogP contribution in [0.5, 0.6) is 0 Å². The summed E-state index contributed by atoms with van der Waals surface area (Å²) in [5.41, 5.74) is 8.62. The Bertz CT molecular complexity index is 786. The Labute approximate surface area is 147 Å². The number of anilines is 1. The molecule has 3 amide bonds. The Morgan fingerprint density at radius 3 is 2.56 bits per heavy atom. The van der Waals surface area contributed by atoms with Crippen molar-refractivity contribution in [2.75, 3.05) is 5.32 Å². The molecule has 4 N–H and O–H groups in total. The first-order valence-electron chi connectivity index (χ1n) is 8.51. The van der Waals surface area contributed by atoms with E-state index in [9.17, 15) is 9.59 Å². The van der Waals surface area contributed by atoms with Crippen molar-refractivity contribution in [2.45, 2.75) is 38.1 Å². The predicted octanol–water partition coefficient (Wildman–Crippen LogP) is 3.09. The molecule has 1 unspecified atom stereocenters. The summed E-state index contributed by atoms with van der Waals surface area (Å²) in [5, 5.41) is 5.58. The number of carbonyl (C=O) groups is 2. The molecule has 1 aliphatic rings. The van der Waals surface area contributed by atoms with Gasteiger partial charge in [0.05, 0.1) is 5.41 Å². The van der Waals surface area contributed by atoms with Gasteiger partial charge in [0.2, 0.25) is 5.91 Å². The van der Waals surface area contributed by atoms with E-state index in [-0.39, 0.29) is 5.91 Å². The molecule has 1 atom stereocenters. The zero-order valence-electron chi connectivity index (χ0n) is 14.3. The molecule has 0 bridgehead atoms.